The molecule has 0 aromatic carbocycles. The Morgan fingerprint density at radius 2 is 1.88 bits per heavy atom. The second-order valence-electron chi connectivity index (χ2n) is 4.29. The van der Waals surface area contributed by atoms with E-state index >= 15 is 0 Å². The van der Waals surface area contributed by atoms with Crippen LogP contribution in [0.25, 0.3) is 0 Å². The Balaban J connectivity index is 4.74. The van der Waals surface area contributed by atoms with Crippen molar-refractivity contribution in [3.05, 3.63) is 0 Å². The van der Waals surface area contributed by atoms with Crippen molar-refractivity contribution in [3.63, 3.8) is 0 Å². The van der Waals surface area contributed by atoms with Crippen molar-refractivity contribution >= 4 is 17.8 Å². The number of rotatable bonds is 5. The summed E-state index contributed by atoms with van der Waals surface area (Å²) in [6.07, 6.45) is 0.268. The van der Waals surface area contributed by atoms with Crippen molar-refractivity contribution in [2.75, 3.05) is 7.05 Å². The molecule has 0 aromatic heterocycles. The SMILES string of the molecule is CC[C@](C)(NC(=O)C(C)N(C)C(C)=O)C(=O)O. The lowest BCUT2D eigenvalue weighted by Crippen LogP contribution is -2.56. The number of hydrogen-bond donors (Lipinski definition) is 2. The van der Waals surface area contributed by atoms with Crippen LogP contribution in [0.3, 0.4) is 0 Å². The summed E-state index contributed by atoms with van der Waals surface area (Å²) in [6.45, 7) is 6.01. The van der Waals surface area contributed by atoms with E-state index < -0.39 is 23.5 Å². The summed E-state index contributed by atoms with van der Waals surface area (Å²) < 4.78 is 0. The van der Waals surface area contributed by atoms with E-state index in [0.29, 0.717) is 0 Å². The Morgan fingerprint density at radius 3 is 2.18 bits per heavy atom. The van der Waals surface area contributed by atoms with Gasteiger partial charge in [0.25, 0.3) is 0 Å². The number of carbonyl (C=O) groups excluding carboxylic acids is 2. The molecular formula is C11H20N2O4. The molecule has 1 unspecified atom stereocenters. The van der Waals surface area contributed by atoms with Crippen molar-refractivity contribution in [3.8, 4) is 0 Å². The molecule has 2 atom stereocenters. The first-order valence-electron chi connectivity index (χ1n) is 5.44. The van der Waals surface area contributed by atoms with Crippen LogP contribution in [0.15, 0.2) is 0 Å². The first kappa shape index (κ1) is 15.4. The zero-order valence-corrected chi connectivity index (χ0v) is 10.9. The number of nitrogens with one attached hydrogen (secondary N) is 1. The maximum Gasteiger partial charge on any atom is 0.329 e. The summed E-state index contributed by atoms with van der Waals surface area (Å²) in [5, 5.41) is 11.5. The Kier molecular flexibility index (Phi) is 5.12. The molecule has 98 valence electrons. The maximum absolute atomic E-state index is 11.8. The van der Waals surface area contributed by atoms with Crippen LogP contribution in [0.1, 0.15) is 34.1 Å². The third-order valence-corrected chi connectivity index (χ3v) is 3.04. The number of nitrogens with zero attached hydrogens (tertiary/aromatic N) is 1. The largest absolute Gasteiger partial charge is 0.480 e. The lowest BCUT2D eigenvalue weighted by molar-refractivity contribution is -0.148. The molecular weight excluding hydrogens is 224 g/mol. The highest BCUT2D eigenvalue weighted by atomic mass is 16.4. The molecule has 0 rings (SSSR count). The van der Waals surface area contributed by atoms with Gasteiger partial charge in [-0.05, 0) is 20.3 Å². The van der Waals surface area contributed by atoms with Gasteiger partial charge in [0, 0.05) is 14.0 Å². The molecule has 2 N–H and O–H groups in total. The lowest BCUT2D eigenvalue weighted by Gasteiger charge is -2.29. The van der Waals surface area contributed by atoms with Crippen molar-refractivity contribution < 1.29 is 19.5 Å². The molecule has 0 heterocycles. The summed E-state index contributed by atoms with van der Waals surface area (Å²) in [7, 11) is 1.50. The quantitative estimate of drug-likeness (QED) is 0.724. The summed E-state index contributed by atoms with van der Waals surface area (Å²) >= 11 is 0. The molecule has 0 aliphatic rings. The molecule has 0 spiro atoms. The van der Waals surface area contributed by atoms with Crippen molar-refractivity contribution in [1.29, 1.82) is 0 Å². The van der Waals surface area contributed by atoms with Crippen LogP contribution >= 0.6 is 0 Å². The second-order valence-corrected chi connectivity index (χ2v) is 4.29. The number of carboxylic acid groups (broad SMARTS) is 1. The third kappa shape index (κ3) is 3.72. The fourth-order valence-electron chi connectivity index (χ4n) is 1.12. The van der Waals surface area contributed by atoms with Crippen LogP contribution in [0.4, 0.5) is 0 Å². The standard InChI is InChI=1S/C11H20N2O4/c1-6-11(4,10(16)17)12-9(15)7(2)13(5)8(3)14/h7H,6H2,1-5H3,(H,12,15)(H,16,17)/t7?,11-/m0/s1. The average Bonchev–Trinajstić information content (AvgIpc) is 2.26. The molecule has 17 heavy (non-hydrogen) atoms. The van der Waals surface area contributed by atoms with Gasteiger partial charge in [0.05, 0.1) is 0 Å². The molecule has 0 saturated carbocycles. The summed E-state index contributed by atoms with van der Waals surface area (Å²) in [5.41, 5.74) is -1.30. The van der Waals surface area contributed by atoms with Crippen molar-refractivity contribution in [2.24, 2.45) is 0 Å². The summed E-state index contributed by atoms with van der Waals surface area (Å²) in [5.74, 6) is -1.82. The van der Waals surface area contributed by atoms with Crippen LogP contribution in [-0.4, -0.2) is 46.4 Å². The van der Waals surface area contributed by atoms with Gasteiger partial charge in [-0.2, -0.15) is 0 Å². The monoisotopic (exact) mass is 244 g/mol. The number of hydrogen-bond acceptors (Lipinski definition) is 3. The third-order valence-electron chi connectivity index (χ3n) is 3.04. The molecule has 0 aliphatic heterocycles. The van der Waals surface area contributed by atoms with Crippen LogP contribution in [0, 0.1) is 0 Å². The Hall–Kier alpha value is -1.59. The van der Waals surface area contributed by atoms with Gasteiger partial charge in [0.15, 0.2) is 0 Å². The Bertz CT molecular complexity index is 329. The molecule has 0 saturated heterocycles. The zero-order chi connectivity index (χ0) is 13.8. The predicted octanol–water partition coefficient (Wildman–Crippen LogP) is 0.223. The van der Waals surface area contributed by atoms with Gasteiger partial charge in [-0.1, -0.05) is 6.92 Å². The minimum atomic E-state index is -1.30. The molecule has 0 aromatic rings. The van der Waals surface area contributed by atoms with Crippen LogP contribution < -0.4 is 5.32 Å². The van der Waals surface area contributed by atoms with E-state index in [1.165, 1.54) is 25.8 Å². The van der Waals surface area contributed by atoms with E-state index in [9.17, 15) is 14.4 Å². The Morgan fingerprint density at radius 1 is 1.41 bits per heavy atom. The Labute approximate surface area is 101 Å². The van der Waals surface area contributed by atoms with Gasteiger partial charge in [-0.15, -0.1) is 0 Å². The average molecular weight is 244 g/mol. The molecule has 6 heteroatoms. The zero-order valence-electron chi connectivity index (χ0n) is 10.9. The van der Waals surface area contributed by atoms with E-state index in [-0.39, 0.29) is 12.3 Å². The maximum atomic E-state index is 11.8. The van der Waals surface area contributed by atoms with Crippen LogP contribution in [0.2, 0.25) is 0 Å². The first-order chi connectivity index (χ1) is 7.65. The summed E-state index contributed by atoms with van der Waals surface area (Å²) in [4.78, 5) is 35.2. The molecule has 0 aliphatic carbocycles. The van der Waals surface area contributed by atoms with Gasteiger partial charge >= 0.3 is 5.97 Å². The second kappa shape index (κ2) is 5.65. The van der Waals surface area contributed by atoms with Gasteiger partial charge in [0.1, 0.15) is 11.6 Å². The molecule has 6 nitrogen and oxygen atoms in total. The highest BCUT2D eigenvalue weighted by Gasteiger charge is 2.35. The van der Waals surface area contributed by atoms with Crippen LogP contribution in [-0.2, 0) is 14.4 Å². The first-order valence-corrected chi connectivity index (χ1v) is 5.44. The van der Waals surface area contributed by atoms with Crippen molar-refractivity contribution in [1.82, 2.24) is 10.2 Å². The highest BCUT2D eigenvalue weighted by Crippen LogP contribution is 2.10. The van der Waals surface area contributed by atoms with Crippen LogP contribution in [0.5, 0.6) is 0 Å². The number of carbonyl (C=O) groups is 3. The number of likely N-dealkylation sites (N-methyl/N-ethyl adjacent to an activating group) is 1. The minimum Gasteiger partial charge on any atom is -0.480 e. The number of amides is 2. The van der Waals surface area contributed by atoms with E-state index in [1.54, 1.807) is 13.8 Å². The van der Waals surface area contributed by atoms with Crippen molar-refractivity contribution in [2.45, 2.75) is 45.7 Å². The van der Waals surface area contributed by atoms with E-state index in [0.717, 1.165) is 0 Å². The van der Waals surface area contributed by atoms with E-state index in [2.05, 4.69) is 5.32 Å². The topological polar surface area (TPSA) is 86.7 Å². The van der Waals surface area contributed by atoms with E-state index in [4.69, 9.17) is 5.11 Å². The van der Waals surface area contributed by atoms with Gasteiger partial charge in [0.2, 0.25) is 11.8 Å². The number of aliphatic carboxylic acids is 1. The highest BCUT2D eigenvalue weighted by molar-refractivity contribution is 5.91. The van der Waals surface area contributed by atoms with E-state index in [1.807, 2.05) is 0 Å². The van der Waals surface area contributed by atoms with Gasteiger partial charge < -0.3 is 15.3 Å². The molecule has 2 amide bonds. The smallest absolute Gasteiger partial charge is 0.329 e. The summed E-state index contributed by atoms with van der Waals surface area (Å²) in [6, 6.07) is -0.697. The lowest BCUT2D eigenvalue weighted by atomic mass is 9.98. The van der Waals surface area contributed by atoms with Gasteiger partial charge in [-0.3, -0.25) is 9.59 Å². The fraction of sp³-hybridized carbons (Fsp3) is 0.727. The normalized spacial score (nSPS) is 15.6. The predicted molar refractivity (Wildman–Crippen MR) is 62.4 cm³/mol. The molecule has 0 fully saturated rings. The molecule has 0 radical (unpaired) electrons. The minimum absolute atomic E-state index is 0.249. The van der Waals surface area contributed by atoms with Gasteiger partial charge in [-0.25, -0.2) is 4.79 Å². The number of carboxylic acids is 1. The fourth-order valence-corrected chi connectivity index (χ4v) is 1.12. The molecule has 0 bridgehead atoms.